The van der Waals surface area contributed by atoms with Crippen LogP contribution < -0.4 is 5.73 Å². The van der Waals surface area contributed by atoms with Crippen LogP contribution in [-0.2, 0) is 9.47 Å². The highest BCUT2D eigenvalue weighted by Gasteiger charge is 2.35. The van der Waals surface area contributed by atoms with Crippen LogP contribution in [0.1, 0.15) is 20.8 Å². The molecule has 3 nitrogen and oxygen atoms in total. The molecule has 2 N–H and O–H groups in total. The highest BCUT2D eigenvalue weighted by atomic mass is 16.6. The Morgan fingerprint density at radius 1 is 1.50 bits per heavy atom. The minimum atomic E-state index is 0.116. The van der Waals surface area contributed by atoms with E-state index in [0.29, 0.717) is 18.6 Å². The Morgan fingerprint density at radius 2 is 2.08 bits per heavy atom. The summed E-state index contributed by atoms with van der Waals surface area (Å²) in [5.41, 5.74) is 5.60. The maximum absolute atomic E-state index is 5.64. The molecule has 12 heavy (non-hydrogen) atoms. The number of rotatable bonds is 5. The molecule has 3 atom stereocenters. The standard InChI is InChI=1S/C9H19NO2/c1-6(2)9(8-5-11-8)12-4-7(3)10/h6-9H,4-5,10H2,1-3H3. The molecular formula is C9H19NO2. The van der Waals surface area contributed by atoms with Crippen molar-refractivity contribution in [3.05, 3.63) is 0 Å². The third kappa shape index (κ3) is 3.09. The topological polar surface area (TPSA) is 47.8 Å². The van der Waals surface area contributed by atoms with E-state index in [0.717, 1.165) is 6.61 Å². The molecule has 3 unspecified atom stereocenters. The Kier molecular flexibility index (Phi) is 3.50. The molecule has 1 heterocycles. The molecule has 1 rings (SSSR count). The Bertz CT molecular complexity index is 130. The number of hydrogen-bond donors (Lipinski definition) is 1. The minimum Gasteiger partial charge on any atom is -0.374 e. The summed E-state index contributed by atoms with van der Waals surface area (Å²) in [5.74, 6) is 0.510. The molecule has 0 bridgehead atoms. The summed E-state index contributed by atoms with van der Waals surface area (Å²) < 4.78 is 10.8. The fourth-order valence-electron chi connectivity index (χ4n) is 1.24. The first-order valence-corrected chi connectivity index (χ1v) is 4.60. The van der Waals surface area contributed by atoms with Gasteiger partial charge in [0.1, 0.15) is 6.10 Å². The van der Waals surface area contributed by atoms with Crippen LogP contribution in [0.15, 0.2) is 0 Å². The predicted molar refractivity (Wildman–Crippen MR) is 48.0 cm³/mol. The number of epoxide rings is 1. The second-order valence-electron chi connectivity index (χ2n) is 3.89. The van der Waals surface area contributed by atoms with Crippen LogP contribution >= 0.6 is 0 Å². The average Bonchev–Trinajstić information content (AvgIpc) is 2.69. The van der Waals surface area contributed by atoms with E-state index in [1.807, 2.05) is 6.92 Å². The van der Waals surface area contributed by atoms with Crippen LogP contribution in [0.3, 0.4) is 0 Å². The highest BCUT2D eigenvalue weighted by molar-refractivity contribution is 4.82. The quantitative estimate of drug-likeness (QED) is 0.625. The summed E-state index contributed by atoms with van der Waals surface area (Å²) >= 11 is 0. The number of hydrogen-bond acceptors (Lipinski definition) is 3. The van der Waals surface area contributed by atoms with Crippen molar-refractivity contribution in [1.82, 2.24) is 0 Å². The molecule has 72 valence electrons. The maximum Gasteiger partial charge on any atom is 0.107 e. The summed E-state index contributed by atoms with van der Waals surface area (Å²) in [6.07, 6.45) is 0.555. The molecule has 1 saturated heterocycles. The zero-order valence-corrected chi connectivity index (χ0v) is 8.12. The normalized spacial score (nSPS) is 27.2. The molecule has 0 aromatic heterocycles. The van der Waals surface area contributed by atoms with Crippen LogP contribution in [0.4, 0.5) is 0 Å². The zero-order chi connectivity index (χ0) is 9.14. The number of nitrogens with two attached hydrogens (primary N) is 1. The van der Waals surface area contributed by atoms with Crippen molar-refractivity contribution in [3.63, 3.8) is 0 Å². The van der Waals surface area contributed by atoms with Crippen molar-refractivity contribution >= 4 is 0 Å². The Labute approximate surface area is 74.2 Å². The summed E-state index contributed by atoms with van der Waals surface area (Å²) in [5, 5.41) is 0. The van der Waals surface area contributed by atoms with Crippen molar-refractivity contribution in [2.24, 2.45) is 11.7 Å². The lowest BCUT2D eigenvalue weighted by Gasteiger charge is -2.20. The van der Waals surface area contributed by atoms with E-state index in [1.165, 1.54) is 0 Å². The molecule has 0 aromatic carbocycles. The third-order valence-electron chi connectivity index (χ3n) is 1.93. The lowest BCUT2D eigenvalue weighted by molar-refractivity contribution is -0.000840. The molecule has 1 aliphatic heterocycles. The van der Waals surface area contributed by atoms with E-state index >= 15 is 0 Å². The minimum absolute atomic E-state index is 0.116. The van der Waals surface area contributed by atoms with E-state index < -0.39 is 0 Å². The molecule has 0 saturated carbocycles. The Morgan fingerprint density at radius 3 is 2.42 bits per heavy atom. The SMILES string of the molecule is CC(N)COC(C(C)C)C1CO1. The Balaban J connectivity index is 2.23. The summed E-state index contributed by atoms with van der Waals surface area (Å²) in [6.45, 7) is 7.72. The predicted octanol–water partition coefficient (Wildman–Crippen LogP) is 0.774. The molecule has 0 aliphatic carbocycles. The average molecular weight is 173 g/mol. The molecule has 0 amide bonds. The van der Waals surface area contributed by atoms with Crippen molar-refractivity contribution in [1.29, 1.82) is 0 Å². The first-order chi connectivity index (χ1) is 5.61. The molecule has 0 spiro atoms. The van der Waals surface area contributed by atoms with E-state index in [1.54, 1.807) is 0 Å². The summed E-state index contributed by atoms with van der Waals surface area (Å²) in [7, 11) is 0. The largest absolute Gasteiger partial charge is 0.374 e. The van der Waals surface area contributed by atoms with Crippen LogP contribution in [0, 0.1) is 5.92 Å². The van der Waals surface area contributed by atoms with Gasteiger partial charge in [0.15, 0.2) is 0 Å². The van der Waals surface area contributed by atoms with Gasteiger partial charge >= 0.3 is 0 Å². The molecule has 1 fully saturated rings. The van der Waals surface area contributed by atoms with E-state index in [9.17, 15) is 0 Å². The van der Waals surface area contributed by atoms with Crippen LogP contribution in [-0.4, -0.2) is 31.5 Å². The maximum atomic E-state index is 5.64. The van der Waals surface area contributed by atoms with Gasteiger partial charge in [-0.3, -0.25) is 0 Å². The molecule has 1 aliphatic rings. The Hall–Kier alpha value is -0.120. The van der Waals surface area contributed by atoms with Gasteiger partial charge in [-0.15, -0.1) is 0 Å². The van der Waals surface area contributed by atoms with Crippen molar-refractivity contribution in [2.45, 2.75) is 39.0 Å². The lowest BCUT2D eigenvalue weighted by atomic mass is 10.0. The number of ether oxygens (including phenoxy) is 2. The van der Waals surface area contributed by atoms with Crippen molar-refractivity contribution in [3.8, 4) is 0 Å². The zero-order valence-electron chi connectivity index (χ0n) is 8.12. The van der Waals surface area contributed by atoms with Gasteiger partial charge in [0.05, 0.1) is 19.3 Å². The van der Waals surface area contributed by atoms with Crippen molar-refractivity contribution < 1.29 is 9.47 Å². The smallest absolute Gasteiger partial charge is 0.107 e. The van der Waals surface area contributed by atoms with Crippen molar-refractivity contribution in [2.75, 3.05) is 13.2 Å². The first-order valence-electron chi connectivity index (χ1n) is 4.60. The van der Waals surface area contributed by atoms with E-state index in [4.69, 9.17) is 15.2 Å². The fraction of sp³-hybridized carbons (Fsp3) is 1.00. The van der Waals surface area contributed by atoms with Gasteiger partial charge in [0, 0.05) is 6.04 Å². The highest BCUT2D eigenvalue weighted by Crippen LogP contribution is 2.23. The first kappa shape index (κ1) is 9.96. The van der Waals surface area contributed by atoms with Gasteiger partial charge in [-0.1, -0.05) is 13.8 Å². The molecule has 0 radical (unpaired) electrons. The second-order valence-corrected chi connectivity index (χ2v) is 3.89. The monoisotopic (exact) mass is 173 g/mol. The van der Waals surface area contributed by atoms with Gasteiger partial charge < -0.3 is 15.2 Å². The van der Waals surface area contributed by atoms with Gasteiger partial charge in [0.2, 0.25) is 0 Å². The second kappa shape index (κ2) is 4.21. The van der Waals surface area contributed by atoms with Crippen LogP contribution in [0.2, 0.25) is 0 Å². The van der Waals surface area contributed by atoms with E-state index in [2.05, 4.69) is 13.8 Å². The van der Waals surface area contributed by atoms with Gasteiger partial charge in [-0.05, 0) is 12.8 Å². The lowest BCUT2D eigenvalue weighted by Crippen LogP contribution is -2.32. The fourth-order valence-corrected chi connectivity index (χ4v) is 1.24. The van der Waals surface area contributed by atoms with Gasteiger partial charge in [-0.2, -0.15) is 0 Å². The van der Waals surface area contributed by atoms with Crippen LogP contribution in [0.5, 0.6) is 0 Å². The third-order valence-corrected chi connectivity index (χ3v) is 1.93. The molecule has 0 aromatic rings. The molecule has 3 heteroatoms. The van der Waals surface area contributed by atoms with Gasteiger partial charge in [0.25, 0.3) is 0 Å². The van der Waals surface area contributed by atoms with Gasteiger partial charge in [-0.25, -0.2) is 0 Å². The molecular weight excluding hydrogens is 154 g/mol. The summed E-state index contributed by atoms with van der Waals surface area (Å²) in [4.78, 5) is 0. The van der Waals surface area contributed by atoms with Crippen LogP contribution in [0.25, 0.3) is 0 Å². The summed E-state index contributed by atoms with van der Waals surface area (Å²) in [6, 6.07) is 0.116. The van der Waals surface area contributed by atoms with E-state index in [-0.39, 0.29) is 12.1 Å².